The molecule has 1 N–H and O–H groups in total. The van der Waals surface area contributed by atoms with Gasteiger partial charge in [-0.25, -0.2) is 0 Å². The van der Waals surface area contributed by atoms with Crippen LogP contribution < -0.4 is 5.32 Å². The van der Waals surface area contributed by atoms with Crippen LogP contribution in [0.5, 0.6) is 0 Å². The molecule has 0 aromatic carbocycles. The van der Waals surface area contributed by atoms with Crippen molar-refractivity contribution in [3.63, 3.8) is 0 Å². The molecule has 3 rings (SSSR count). The predicted molar refractivity (Wildman–Crippen MR) is 78.4 cm³/mol. The molecule has 0 aromatic rings. The molecule has 110 valence electrons. The number of piperidine rings is 1. The fourth-order valence-corrected chi connectivity index (χ4v) is 3.70. The van der Waals surface area contributed by atoms with Crippen LogP contribution in [-0.2, 0) is 4.74 Å². The Kier molecular flexibility index (Phi) is 4.45. The molecule has 2 saturated heterocycles. The van der Waals surface area contributed by atoms with E-state index in [1.54, 1.807) is 0 Å². The van der Waals surface area contributed by atoms with Crippen molar-refractivity contribution in [2.75, 3.05) is 32.8 Å². The average Bonchev–Trinajstić information content (AvgIpc) is 3.25. The Hall–Kier alpha value is -0.120. The second kappa shape index (κ2) is 6.11. The molecule has 0 amide bonds. The van der Waals surface area contributed by atoms with Crippen LogP contribution in [0.25, 0.3) is 0 Å². The van der Waals surface area contributed by atoms with Gasteiger partial charge in [0.05, 0.1) is 6.61 Å². The molecule has 1 aliphatic carbocycles. The van der Waals surface area contributed by atoms with Gasteiger partial charge in [0.15, 0.2) is 0 Å². The van der Waals surface area contributed by atoms with E-state index < -0.39 is 0 Å². The van der Waals surface area contributed by atoms with Gasteiger partial charge in [-0.2, -0.15) is 0 Å². The maximum absolute atomic E-state index is 5.85. The van der Waals surface area contributed by atoms with Crippen molar-refractivity contribution in [1.82, 2.24) is 10.2 Å². The summed E-state index contributed by atoms with van der Waals surface area (Å²) in [5, 5.41) is 3.76. The van der Waals surface area contributed by atoms with Gasteiger partial charge in [0.1, 0.15) is 0 Å². The molecule has 19 heavy (non-hydrogen) atoms. The first-order valence-electron chi connectivity index (χ1n) is 8.33. The van der Waals surface area contributed by atoms with Gasteiger partial charge in [-0.05, 0) is 52.0 Å². The second-order valence-corrected chi connectivity index (χ2v) is 7.13. The summed E-state index contributed by atoms with van der Waals surface area (Å²) in [5.41, 5.74) is 0.381. The number of nitrogens with zero attached hydrogens (tertiary/aromatic N) is 1. The number of nitrogens with one attached hydrogen (secondary N) is 1. The van der Waals surface area contributed by atoms with E-state index in [2.05, 4.69) is 17.1 Å². The van der Waals surface area contributed by atoms with Crippen molar-refractivity contribution in [3.8, 4) is 0 Å². The summed E-state index contributed by atoms with van der Waals surface area (Å²) in [7, 11) is 0. The summed E-state index contributed by atoms with van der Waals surface area (Å²) in [6.07, 6.45) is 9.55. The fourth-order valence-electron chi connectivity index (χ4n) is 3.70. The first kappa shape index (κ1) is 13.8. The Labute approximate surface area is 118 Å². The van der Waals surface area contributed by atoms with Gasteiger partial charge in [-0.3, -0.25) is 4.90 Å². The highest BCUT2D eigenvalue weighted by Gasteiger charge is 2.37. The second-order valence-electron chi connectivity index (χ2n) is 7.13. The van der Waals surface area contributed by atoms with Crippen molar-refractivity contribution >= 4 is 0 Å². The van der Waals surface area contributed by atoms with Crippen LogP contribution in [0.4, 0.5) is 0 Å². The van der Waals surface area contributed by atoms with Crippen LogP contribution in [0.1, 0.15) is 51.9 Å². The first-order chi connectivity index (χ1) is 9.27. The highest BCUT2D eigenvalue weighted by atomic mass is 16.5. The minimum atomic E-state index is 0.381. The molecule has 2 heterocycles. The maximum atomic E-state index is 5.85. The summed E-state index contributed by atoms with van der Waals surface area (Å²) in [5.74, 6) is 0. The number of likely N-dealkylation sites (tertiary alicyclic amines) is 1. The zero-order valence-corrected chi connectivity index (χ0v) is 12.5. The van der Waals surface area contributed by atoms with E-state index in [-0.39, 0.29) is 0 Å². The molecule has 3 aliphatic rings. The molecule has 0 radical (unpaired) electrons. The molecule has 1 saturated carbocycles. The van der Waals surface area contributed by atoms with Gasteiger partial charge in [-0.15, -0.1) is 0 Å². The normalized spacial score (nSPS) is 37.4. The monoisotopic (exact) mass is 266 g/mol. The lowest BCUT2D eigenvalue weighted by molar-refractivity contribution is -0.0361. The molecule has 0 bridgehead atoms. The smallest absolute Gasteiger partial charge is 0.0546 e. The van der Waals surface area contributed by atoms with Crippen LogP contribution in [0, 0.1) is 5.41 Å². The minimum absolute atomic E-state index is 0.381. The summed E-state index contributed by atoms with van der Waals surface area (Å²) in [6.45, 7) is 8.06. The highest BCUT2D eigenvalue weighted by molar-refractivity contribution is 4.92. The number of hydrogen-bond acceptors (Lipinski definition) is 3. The molecule has 0 aromatic heterocycles. The molecule has 0 spiro atoms. The van der Waals surface area contributed by atoms with Crippen LogP contribution in [0.2, 0.25) is 0 Å². The zero-order valence-electron chi connectivity index (χ0n) is 12.5. The Morgan fingerprint density at radius 3 is 2.79 bits per heavy atom. The van der Waals surface area contributed by atoms with Crippen LogP contribution in [0.15, 0.2) is 0 Å². The van der Waals surface area contributed by atoms with Crippen molar-refractivity contribution in [1.29, 1.82) is 0 Å². The number of rotatable bonds is 5. The van der Waals surface area contributed by atoms with Crippen molar-refractivity contribution in [2.45, 2.75) is 64.0 Å². The van der Waals surface area contributed by atoms with Crippen molar-refractivity contribution in [3.05, 3.63) is 0 Å². The number of hydrogen-bond donors (Lipinski definition) is 1. The summed E-state index contributed by atoms with van der Waals surface area (Å²) < 4.78 is 5.85. The summed E-state index contributed by atoms with van der Waals surface area (Å²) in [6, 6.07) is 1.59. The molecule has 2 aliphatic heterocycles. The SMILES string of the molecule is CC1CCCCN1CC1(CNC2CC2)CCCOC1. The number of ether oxygens (including phenoxy) is 1. The zero-order chi connectivity index (χ0) is 13.1. The van der Waals surface area contributed by atoms with E-state index in [1.165, 1.54) is 64.6 Å². The van der Waals surface area contributed by atoms with Gasteiger partial charge in [-0.1, -0.05) is 6.42 Å². The predicted octanol–water partition coefficient (Wildman–Crippen LogP) is 2.41. The van der Waals surface area contributed by atoms with Crippen LogP contribution in [0.3, 0.4) is 0 Å². The molecular formula is C16H30N2O. The molecule has 3 fully saturated rings. The third kappa shape index (κ3) is 3.71. The van der Waals surface area contributed by atoms with Crippen molar-refractivity contribution in [2.24, 2.45) is 5.41 Å². The molecule has 2 unspecified atom stereocenters. The van der Waals surface area contributed by atoms with Gasteiger partial charge in [0, 0.05) is 37.2 Å². The lowest BCUT2D eigenvalue weighted by Crippen LogP contribution is -2.52. The molecule has 3 nitrogen and oxygen atoms in total. The Balaban J connectivity index is 1.59. The van der Waals surface area contributed by atoms with E-state index in [9.17, 15) is 0 Å². The first-order valence-corrected chi connectivity index (χ1v) is 8.33. The van der Waals surface area contributed by atoms with E-state index >= 15 is 0 Å². The largest absolute Gasteiger partial charge is 0.381 e. The lowest BCUT2D eigenvalue weighted by atomic mass is 9.80. The fraction of sp³-hybridized carbons (Fsp3) is 1.00. The third-order valence-corrected chi connectivity index (χ3v) is 5.23. The van der Waals surface area contributed by atoms with E-state index in [1.807, 2.05) is 0 Å². The van der Waals surface area contributed by atoms with E-state index in [4.69, 9.17) is 4.74 Å². The van der Waals surface area contributed by atoms with Crippen LogP contribution >= 0.6 is 0 Å². The van der Waals surface area contributed by atoms with E-state index in [0.29, 0.717) is 5.41 Å². The summed E-state index contributed by atoms with van der Waals surface area (Å²) in [4.78, 5) is 2.73. The molecular weight excluding hydrogens is 236 g/mol. The summed E-state index contributed by atoms with van der Waals surface area (Å²) >= 11 is 0. The van der Waals surface area contributed by atoms with E-state index in [0.717, 1.165) is 25.3 Å². The van der Waals surface area contributed by atoms with Gasteiger partial charge in [0.25, 0.3) is 0 Å². The quantitative estimate of drug-likeness (QED) is 0.827. The highest BCUT2D eigenvalue weighted by Crippen LogP contribution is 2.32. The van der Waals surface area contributed by atoms with Gasteiger partial charge < -0.3 is 10.1 Å². The third-order valence-electron chi connectivity index (χ3n) is 5.23. The average molecular weight is 266 g/mol. The van der Waals surface area contributed by atoms with Crippen LogP contribution in [-0.4, -0.2) is 49.8 Å². The Morgan fingerprint density at radius 2 is 2.11 bits per heavy atom. The standard InChI is InChI=1S/C16H30N2O/c1-14-5-2-3-9-18(14)12-16(8-4-10-19-13-16)11-17-15-6-7-15/h14-15,17H,2-13H2,1H3. The Morgan fingerprint density at radius 1 is 1.21 bits per heavy atom. The van der Waals surface area contributed by atoms with Gasteiger partial charge >= 0.3 is 0 Å². The lowest BCUT2D eigenvalue weighted by Gasteiger charge is -2.44. The maximum Gasteiger partial charge on any atom is 0.0546 e. The molecule has 2 atom stereocenters. The Bertz CT molecular complexity index is 284. The topological polar surface area (TPSA) is 24.5 Å². The molecule has 3 heteroatoms. The van der Waals surface area contributed by atoms with Gasteiger partial charge in [0.2, 0.25) is 0 Å². The van der Waals surface area contributed by atoms with Crippen molar-refractivity contribution < 1.29 is 4.74 Å². The minimum Gasteiger partial charge on any atom is -0.381 e.